The molecule has 0 aromatic carbocycles. The van der Waals surface area contributed by atoms with Crippen molar-refractivity contribution in [2.45, 2.75) is 32.7 Å². The standard InChI is InChI=1S/C10H17N.Y/c1-9(2)8-10(3)11-6-4-5-7-11;/h4,9-10H,3,5,7-8H2,1-2H3;/q-2;. The smallest absolute Gasteiger partial charge is 0 e. The normalized spacial score (nSPS) is 18.2. The molecule has 0 saturated carbocycles. The molecular formula is C10H17NY-2. The number of hydrogen-bond donors (Lipinski definition) is 0. The van der Waals surface area contributed by atoms with Crippen LogP contribution in [-0.4, -0.2) is 17.5 Å². The van der Waals surface area contributed by atoms with Crippen LogP contribution in [0, 0.1) is 19.0 Å². The van der Waals surface area contributed by atoms with E-state index in [0.29, 0.717) is 6.04 Å². The molecule has 1 rings (SSSR count). The minimum atomic E-state index is 0. The Kier molecular flexibility index (Phi) is 6.48. The summed E-state index contributed by atoms with van der Waals surface area (Å²) in [4.78, 5) is 2.21. The van der Waals surface area contributed by atoms with E-state index in [1.807, 2.05) is 0 Å². The molecule has 0 aliphatic carbocycles. The zero-order chi connectivity index (χ0) is 8.27. The Bertz CT molecular complexity index is 143. The van der Waals surface area contributed by atoms with Gasteiger partial charge in [-0.15, -0.1) is 6.04 Å². The minimum absolute atomic E-state index is 0. The van der Waals surface area contributed by atoms with Crippen molar-refractivity contribution in [2.24, 2.45) is 5.92 Å². The van der Waals surface area contributed by atoms with Crippen LogP contribution in [0.5, 0.6) is 0 Å². The molecule has 0 amide bonds. The fourth-order valence-corrected chi connectivity index (χ4v) is 1.41. The van der Waals surface area contributed by atoms with Crippen molar-refractivity contribution in [3.63, 3.8) is 0 Å². The third-order valence-corrected chi connectivity index (χ3v) is 1.96. The molecule has 1 unspecified atom stereocenters. The molecular weight excluding hydrogens is 223 g/mol. The van der Waals surface area contributed by atoms with E-state index in [1.165, 1.54) is 6.42 Å². The van der Waals surface area contributed by atoms with E-state index in [-0.39, 0.29) is 32.7 Å². The predicted molar refractivity (Wildman–Crippen MR) is 47.7 cm³/mol. The van der Waals surface area contributed by atoms with Crippen molar-refractivity contribution in [3.05, 3.63) is 19.2 Å². The fraction of sp³-hybridized carbons (Fsp3) is 0.700. The molecule has 0 saturated heterocycles. The summed E-state index contributed by atoms with van der Waals surface area (Å²) in [7, 11) is 0. The first kappa shape index (κ1) is 12.6. The average molecular weight is 240 g/mol. The second-order valence-corrected chi connectivity index (χ2v) is 3.60. The van der Waals surface area contributed by atoms with Crippen LogP contribution < -0.4 is 0 Å². The van der Waals surface area contributed by atoms with Gasteiger partial charge in [0, 0.05) is 32.7 Å². The van der Waals surface area contributed by atoms with E-state index in [2.05, 4.69) is 37.9 Å². The monoisotopic (exact) mass is 240 g/mol. The number of nitrogens with zero attached hydrogens (tertiary/aromatic N) is 1. The first-order chi connectivity index (χ1) is 5.20. The van der Waals surface area contributed by atoms with Crippen LogP contribution in [0.25, 0.3) is 0 Å². The second kappa shape index (κ2) is 6.15. The van der Waals surface area contributed by atoms with Gasteiger partial charge in [0.1, 0.15) is 0 Å². The van der Waals surface area contributed by atoms with E-state index in [9.17, 15) is 0 Å². The van der Waals surface area contributed by atoms with Gasteiger partial charge in [-0.2, -0.15) is 0 Å². The van der Waals surface area contributed by atoms with Crippen LogP contribution in [0.4, 0.5) is 0 Å². The molecule has 1 aliphatic heterocycles. The van der Waals surface area contributed by atoms with Crippen LogP contribution >= 0.6 is 0 Å². The molecule has 1 heterocycles. The first-order valence-corrected chi connectivity index (χ1v) is 4.37. The third kappa shape index (κ3) is 4.04. The fourth-order valence-electron chi connectivity index (χ4n) is 1.41. The van der Waals surface area contributed by atoms with Crippen LogP contribution in [0.3, 0.4) is 0 Å². The van der Waals surface area contributed by atoms with E-state index in [1.54, 1.807) is 0 Å². The summed E-state index contributed by atoms with van der Waals surface area (Å²) in [5, 5.41) is 0. The van der Waals surface area contributed by atoms with Gasteiger partial charge in [0.15, 0.2) is 0 Å². The molecule has 0 aromatic rings. The van der Waals surface area contributed by atoms with Crippen molar-refractivity contribution in [1.82, 2.24) is 4.90 Å². The van der Waals surface area contributed by atoms with Gasteiger partial charge < -0.3 is 18.0 Å². The predicted octanol–water partition coefficient (Wildman–Crippen LogP) is 2.26. The summed E-state index contributed by atoms with van der Waals surface area (Å²) < 4.78 is 0. The molecule has 67 valence electrons. The SMILES string of the molecule is [CH2-]C(CC(C)C)N1[C-]=CCC1.[Y]. The molecule has 2 heteroatoms. The molecule has 1 atom stereocenters. The number of hydrogen-bond acceptors (Lipinski definition) is 1. The van der Waals surface area contributed by atoms with Crippen molar-refractivity contribution in [2.75, 3.05) is 6.54 Å². The van der Waals surface area contributed by atoms with Crippen molar-refractivity contribution in [3.8, 4) is 0 Å². The van der Waals surface area contributed by atoms with Crippen molar-refractivity contribution < 1.29 is 32.7 Å². The van der Waals surface area contributed by atoms with Crippen molar-refractivity contribution >= 4 is 0 Å². The van der Waals surface area contributed by atoms with Gasteiger partial charge in [-0.3, -0.25) is 6.08 Å². The Morgan fingerprint density at radius 3 is 2.67 bits per heavy atom. The zero-order valence-electron chi connectivity index (χ0n) is 8.09. The largest absolute Gasteiger partial charge is 0.576 e. The number of rotatable bonds is 3. The molecule has 0 spiro atoms. The van der Waals surface area contributed by atoms with Gasteiger partial charge in [0.05, 0.1) is 0 Å². The molecule has 0 aromatic heterocycles. The van der Waals surface area contributed by atoms with Gasteiger partial charge in [0.2, 0.25) is 0 Å². The average Bonchev–Trinajstić information content (AvgIpc) is 2.35. The summed E-state index contributed by atoms with van der Waals surface area (Å²) in [6.07, 6.45) is 7.61. The van der Waals surface area contributed by atoms with E-state index >= 15 is 0 Å². The topological polar surface area (TPSA) is 3.24 Å². The van der Waals surface area contributed by atoms with Gasteiger partial charge in [-0.25, -0.2) is 0 Å². The summed E-state index contributed by atoms with van der Waals surface area (Å²) in [5.41, 5.74) is 0. The quantitative estimate of drug-likeness (QED) is 0.684. The Morgan fingerprint density at radius 2 is 2.25 bits per heavy atom. The van der Waals surface area contributed by atoms with Crippen LogP contribution in [0.15, 0.2) is 6.08 Å². The third-order valence-electron chi connectivity index (χ3n) is 1.96. The van der Waals surface area contributed by atoms with E-state index < -0.39 is 0 Å². The molecule has 0 N–H and O–H groups in total. The van der Waals surface area contributed by atoms with E-state index in [4.69, 9.17) is 0 Å². The molecule has 0 fully saturated rings. The maximum Gasteiger partial charge on any atom is 0 e. The van der Waals surface area contributed by atoms with Gasteiger partial charge in [-0.1, -0.05) is 26.7 Å². The Hall–Kier alpha value is 0.644. The molecule has 1 aliphatic rings. The molecule has 1 radical (unpaired) electrons. The Balaban J connectivity index is 0.00000121. The maximum absolute atomic E-state index is 4.10. The van der Waals surface area contributed by atoms with Crippen LogP contribution in [0.1, 0.15) is 26.7 Å². The molecule has 12 heavy (non-hydrogen) atoms. The van der Waals surface area contributed by atoms with Gasteiger partial charge in [0.25, 0.3) is 0 Å². The van der Waals surface area contributed by atoms with Crippen LogP contribution in [0.2, 0.25) is 0 Å². The summed E-state index contributed by atoms with van der Waals surface area (Å²) >= 11 is 0. The van der Waals surface area contributed by atoms with Crippen molar-refractivity contribution in [1.29, 1.82) is 0 Å². The van der Waals surface area contributed by atoms with Gasteiger partial charge in [-0.05, 0) is 12.5 Å². The summed E-state index contributed by atoms with van der Waals surface area (Å²) in [6.45, 7) is 9.68. The van der Waals surface area contributed by atoms with Gasteiger partial charge >= 0.3 is 0 Å². The van der Waals surface area contributed by atoms with Crippen LogP contribution in [-0.2, 0) is 32.7 Å². The summed E-state index contributed by atoms with van der Waals surface area (Å²) in [6, 6.07) is 0.425. The first-order valence-electron chi connectivity index (χ1n) is 4.37. The molecule has 0 bridgehead atoms. The Morgan fingerprint density at radius 1 is 1.58 bits per heavy atom. The minimum Gasteiger partial charge on any atom is -0.576 e. The molecule has 1 nitrogen and oxygen atoms in total. The van der Waals surface area contributed by atoms with E-state index in [0.717, 1.165) is 18.9 Å². The maximum atomic E-state index is 4.10. The zero-order valence-corrected chi connectivity index (χ0v) is 10.9. The Labute approximate surface area is 101 Å². The second-order valence-electron chi connectivity index (χ2n) is 3.60. The summed E-state index contributed by atoms with van der Waals surface area (Å²) in [5.74, 6) is 0.736.